The van der Waals surface area contributed by atoms with Crippen molar-refractivity contribution in [2.45, 2.75) is 6.92 Å². The highest BCUT2D eigenvalue weighted by Gasteiger charge is 1.88. The minimum atomic E-state index is 0.223. The largest absolute Gasteiger partial charge is 0.232 e. The van der Waals surface area contributed by atoms with Gasteiger partial charge in [-0.2, -0.15) is 5.26 Å². The normalized spacial score (nSPS) is 8.44. The van der Waals surface area contributed by atoms with Crippen molar-refractivity contribution >= 4 is 0 Å². The van der Waals surface area contributed by atoms with Crippen molar-refractivity contribution in [2.75, 3.05) is 0 Å². The van der Waals surface area contributed by atoms with Gasteiger partial charge in [0.05, 0.1) is 0 Å². The smallest absolute Gasteiger partial charge is 0.227 e. The molecule has 0 saturated carbocycles. The van der Waals surface area contributed by atoms with E-state index in [2.05, 4.69) is 9.97 Å². The van der Waals surface area contributed by atoms with Gasteiger partial charge in [-0.15, -0.1) is 0 Å². The second-order valence-electron chi connectivity index (χ2n) is 1.70. The molecular weight excluding hydrogens is 114 g/mol. The van der Waals surface area contributed by atoms with Crippen molar-refractivity contribution < 1.29 is 0 Å². The number of aryl methyl sites for hydroxylation is 1. The summed E-state index contributed by atoms with van der Waals surface area (Å²) in [5.41, 5.74) is 0.967. The monoisotopic (exact) mass is 119 g/mol. The molecule has 0 aliphatic rings. The van der Waals surface area contributed by atoms with Crippen molar-refractivity contribution in [1.29, 1.82) is 5.26 Å². The van der Waals surface area contributed by atoms with Crippen molar-refractivity contribution in [2.24, 2.45) is 0 Å². The Morgan fingerprint density at radius 1 is 1.44 bits per heavy atom. The molecule has 44 valence electrons. The number of nitriles is 1. The molecule has 0 bridgehead atoms. The zero-order valence-electron chi connectivity index (χ0n) is 5.00. The van der Waals surface area contributed by atoms with Crippen LogP contribution in [0.1, 0.15) is 11.4 Å². The standard InChI is InChI=1S/C6H5N3/c1-5-3-8-6(2-7)9-4-5/h3-4H,1H3. The Bertz CT molecular complexity index is 231. The third kappa shape index (κ3) is 1.23. The number of aromatic nitrogens is 2. The first-order valence-electron chi connectivity index (χ1n) is 2.51. The summed E-state index contributed by atoms with van der Waals surface area (Å²) in [7, 11) is 0. The SMILES string of the molecule is Cc1cnc(C#N)nc1. The van der Waals surface area contributed by atoms with Crippen LogP contribution in [-0.2, 0) is 0 Å². The molecule has 0 aliphatic heterocycles. The Balaban J connectivity index is 3.06. The number of nitrogens with zero attached hydrogens (tertiary/aromatic N) is 3. The van der Waals surface area contributed by atoms with Crippen molar-refractivity contribution in [3.05, 3.63) is 23.8 Å². The van der Waals surface area contributed by atoms with E-state index in [1.807, 2.05) is 13.0 Å². The topological polar surface area (TPSA) is 49.6 Å². The van der Waals surface area contributed by atoms with Gasteiger partial charge in [0.15, 0.2) is 0 Å². The van der Waals surface area contributed by atoms with E-state index in [4.69, 9.17) is 5.26 Å². The summed E-state index contributed by atoms with van der Waals surface area (Å²) in [6, 6.07) is 1.83. The predicted octanol–water partition coefficient (Wildman–Crippen LogP) is 0.657. The maximum atomic E-state index is 8.25. The molecule has 0 fully saturated rings. The molecule has 1 aromatic rings. The van der Waals surface area contributed by atoms with Gasteiger partial charge >= 0.3 is 0 Å². The molecule has 0 atom stereocenters. The fourth-order valence-electron chi connectivity index (χ4n) is 0.450. The fraction of sp³-hybridized carbons (Fsp3) is 0.167. The summed E-state index contributed by atoms with van der Waals surface area (Å²) in [5, 5.41) is 8.25. The predicted molar refractivity (Wildman–Crippen MR) is 31.5 cm³/mol. The first kappa shape index (κ1) is 5.70. The molecule has 1 rings (SSSR count). The van der Waals surface area contributed by atoms with E-state index in [0.717, 1.165) is 5.56 Å². The van der Waals surface area contributed by atoms with Gasteiger partial charge in [0, 0.05) is 12.4 Å². The van der Waals surface area contributed by atoms with Gasteiger partial charge in [0.25, 0.3) is 0 Å². The molecule has 0 spiro atoms. The van der Waals surface area contributed by atoms with Crippen LogP contribution in [0.3, 0.4) is 0 Å². The van der Waals surface area contributed by atoms with Crippen LogP contribution in [0.25, 0.3) is 0 Å². The van der Waals surface area contributed by atoms with E-state index in [1.54, 1.807) is 12.4 Å². The zero-order chi connectivity index (χ0) is 6.69. The number of rotatable bonds is 0. The Labute approximate surface area is 53.0 Å². The Morgan fingerprint density at radius 3 is 2.44 bits per heavy atom. The Morgan fingerprint density at radius 2 is 2.00 bits per heavy atom. The Kier molecular flexibility index (Phi) is 1.41. The lowest BCUT2D eigenvalue weighted by molar-refractivity contribution is 1.08. The summed E-state index contributed by atoms with van der Waals surface area (Å²) in [5.74, 6) is 0.223. The number of hydrogen-bond acceptors (Lipinski definition) is 3. The molecule has 0 unspecified atom stereocenters. The summed E-state index contributed by atoms with van der Waals surface area (Å²) in [6.45, 7) is 1.88. The zero-order valence-corrected chi connectivity index (χ0v) is 5.00. The van der Waals surface area contributed by atoms with Crippen LogP contribution in [0.5, 0.6) is 0 Å². The molecule has 1 heterocycles. The van der Waals surface area contributed by atoms with Gasteiger partial charge in [-0.05, 0) is 12.5 Å². The average Bonchev–Trinajstić information content (AvgIpc) is 1.90. The molecule has 0 aliphatic carbocycles. The van der Waals surface area contributed by atoms with Crippen LogP contribution >= 0.6 is 0 Å². The average molecular weight is 119 g/mol. The van der Waals surface area contributed by atoms with Gasteiger partial charge in [-0.1, -0.05) is 0 Å². The second kappa shape index (κ2) is 2.23. The molecular formula is C6H5N3. The molecule has 9 heavy (non-hydrogen) atoms. The molecule has 0 aromatic carbocycles. The third-order valence-electron chi connectivity index (χ3n) is 0.881. The minimum absolute atomic E-state index is 0.223. The first-order valence-corrected chi connectivity index (χ1v) is 2.51. The van der Waals surface area contributed by atoms with Gasteiger partial charge in [-0.3, -0.25) is 0 Å². The molecule has 0 N–H and O–H groups in total. The van der Waals surface area contributed by atoms with Gasteiger partial charge in [0.1, 0.15) is 6.07 Å². The van der Waals surface area contributed by atoms with Crippen molar-refractivity contribution in [3.63, 3.8) is 0 Å². The quantitative estimate of drug-likeness (QED) is 0.504. The molecule has 3 nitrogen and oxygen atoms in total. The lowest BCUT2D eigenvalue weighted by atomic mass is 10.4. The Hall–Kier alpha value is -1.43. The highest BCUT2D eigenvalue weighted by atomic mass is 14.9. The van der Waals surface area contributed by atoms with Crippen LogP contribution in [0.15, 0.2) is 12.4 Å². The first-order chi connectivity index (χ1) is 4.33. The maximum Gasteiger partial charge on any atom is 0.232 e. The third-order valence-corrected chi connectivity index (χ3v) is 0.881. The summed E-state index contributed by atoms with van der Waals surface area (Å²) < 4.78 is 0. The molecule has 0 amide bonds. The van der Waals surface area contributed by atoms with Gasteiger partial charge in [0.2, 0.25) is 5.82 Å². The van der Waals surface area contributed by atoms with Gasteiger partial charge in [-0.25, -0.2) is 9.97 Å². The lowest BCUT2D eigenvalue weighted by Gasteiger charge is -1.86. The molecule has 0 saturated heterocycles. The van der Waals surface area contributed by atoms with Crippen LogP contribution in [-0.4, -0.2) is 9.97 Å². The van der Waals surface area contributed by atoms with Crippen molar-refractivity contribution in [1.82, 2.24) is 9.97 Å². The molecule has 3 heteroatoms. The highest BCUT2D eigenvalue weighted by Crippen LogP contribution is 1.89. The highest BCUT2D eigenvalue weighted by molar-refractivity contribution is 5.11. The van der Waals surface area contributed by atoms with Crippen LogP contribution in [0.4, 0.5) is 0 Å². The summed E-state index contributed by atoms with van der Waals surface area (Å²) in [6.07, 6.45) is 3.23. The minimum Gasteiger partial charge on any atom is -0.227 e. The van der Waals surface area contributed by atoms with Crippen LogP contribution in [0, 0.1) is 18.3 Å². The van der Waals surface area contributed by atoms with Gasteiger partial charge < -0.3 is 0 Å². The molecule has 0 radical (unpaired) electrons. The van der Waals surface area contributed by atoms with Crippen LogP contribution < -0.4 is 0 Å². The summed E-state index contributed by atoms with van der Waals surface area (Å²) >= 11 is 0. The second-order valence-corrected chi connectivity index (χ2v) is 1.70. The van der Waals surface area contributed by atoms with Crippen molar-refractivity contribution in [3.8, 4) is 6.07 Å². The lowest BCUT2D eigenvalue weighted by Crippen LogP contribution is -1.86. The van der Waals surface area contributed by atoms with E-state index in [1.165, 1.54) is 0 Å². The van der Waals surface area contributed by atoms with E-state index in [0.29, 0.717) is 0 Å². The van der Waals surface area contributed by atoms with E-state index < -0.39 is 0 Å². The van der Waals surface area contributed by atoms with E-state index in [-0.39, 0.29) is 5.82 Å². The fourth-order valence-corrected chi connectivity index (χ4v) is 0.450. The van der Waals surface area contributed by atoms with E-state index in [9.17, 15) is 0 Å². The summed E-state index contributed by atoms with van der Waals surface area (Å²) in [4.78, 5) is 7.45. The molecule has 1 aromatic heterocycles. The number of hydrogen-bond donors (Lipinski definition) is 0. The maximum absolute atomic E-state index is 8.25. The van der Waals surface area contributed by atoms with E-state index >= 15 is 0 Å². The van der Waals surface area contributed by atoms with Crippen LogP contribution in [0.2, 0.25) is 0 Å².